The second kappa shape index (κ2) is 4.24. The van der Waals surface area contributed by atoms with Crippen molar-refractivity contribution in [2.45, 2.75) is 10.3 Å². The van der Waals surface area contributed by atoms with Gasteiger partial charge in [0.1, 0.15) is 6.04 Å². The molecule has 0 saturated heterocycles. The highest BCUT2D eigenvalue weighted by Gasteiger charge is 2.30. The summed E-state index contributed by atoms with van der Waals surface area (Å²) in [4.78, 5) is 22.8. The SMILES string of the molecule is COC(=O)NC1CSc2sccc2C1=O. The summed E-state index contributed by atoms with van der Waals surface area (Å²) in [6.07, 6.45) is -0.562. The smallest absolute Gasteiger partial charge is 0.407 e. The fraction of sp³-hybridized carbons (Fsp3) is 0.333. The Morgan fingerprint density at radius 1 is 1.67 bits per heavy atom. The number of carbonyl (C=O) groups is 2. The summed E-state index contributed by atoms with van der Waals surface area (Å²) in [7, 11) is 1.28. The van der Waals surface area contributed by atoms with Crippen molar-refractivity contribution < 1.29 is 14.3 Å². The Bertz CT molecular complexity index is 402. The molecule has 0 fully saturated rings. The number of ketones is 1. The number of fused-ring (bicyclic) bond motifs is 1. The summed E-state index contributed by atoms with van der Waals surface area (Å²) in [6.45, 7) is 0. The molecule has 0 radical (unpaired) electrons. The number of methoxy groups -OCH3 is 1. The lowest BCUT2D eigenvalue weighted by atomic mass is 10.1. The summed E-state index contributed by atoms with van der Waals surface area (Å²) in [5, 5.41) is 4.41. The van der Waals surface area contributed by atoms with Gasteiger partial charge in [0.05, 0.1) is 11.3 Å². The summed E-state index contributed by atoms with van der Waals surface area (Å²) >= 11 is 3.14. The van der Waals surface area contributed by atoms with Crippen LogP contribution >= 0.6 is 23.1 Å². The summed E-state index contributed by atoms with van der Waals surface area (Å²) in [5.41, 5.74) is 0.706. The van der Waals surface area contributed by atoms with Gasteiger partial charge < -0.3 is 10.1 Å². The minimum atomic E-state index is -0.562. The lowest BCUT2D eigenvalue weighted by Gasteiger charge is -2.20. The minimum absolute atomic E-state index is 0.0320. The largest absolute Gasteiger partial charge is 0.453 e. The summed E-state index contributed by atoms with van der Waals surface area (Å²) in [5.74, 6) is 0.539. The van der Waals surface area contributed by atoms with Gasteiger partial charge in [-0.15, -0.1) is 23.1 Å². The van der Waals surface area contributed by atoms with Crippen LogP contribution < -0.4 is 5.32 Å². The molecule has 0 aliphatic carbocycles. The van der Waals surface area contributed by atoms with Crippen molar-refractivity contribution in [3.63, 3.8) is 0 Å². The van der Waals surface area contributed by atoms with Crippen LogP contribution in [-0.2, 0) is 4.74 Å². The van der Waals surface area contributed by atoms with Gasteiger partial charge in [-0.25, -0.2) is 4.79 Å². The Kier molecular flexibility index (Phi) is 2.97. The molecule has 1 aliphatic heterocycles. The molecule has 15 heavy (non-hydrogen) atoms. The molecule has 1 aliphatic rings. The van der Waals surface area contributed by atoms with Crippen LogP contribution in [0.25, 0.3) is 0 Å². The highest BCUT2D eigenvalue weighted by molar-refractivity contribution is 8.01. The van der Waals surface area contributed by atoms with Gasteiger partial charge in [0.25, 0.3) is 0 Å². The molecule has 80 valence electrons. The van der Waals surface area contributed by atoms with E-state index in [1.807, 2.05) is 5.38 Å². The maximum Gasteiger partial charge on any atom is 0.407 e. The number of hydrogen-bond donors (Lipinski definition) is 1. The number of hydrogen-bond acceptors (Lipinski definition) is 5. The zero-order valence-electron chi connectivity index (χ0n) is 7.98. The van der Waals surface area contributed by atoms with E-state index in [2.05, 4.69) is 10.1 Å². The first kappa shape index (κ1) is 10.5. The first-order valence-electron chi connectivity index (χ1n) is 4.31. The van der Waals surface area contributed by atoms with Crippen LogP contribution in [0.5, 0.6) is 0 Å². The third kappa shape index (κ3) is 2.00. The van der Waals surface area contributed by atoms with Crippen molar-refractivity contribution in [2.75, 3.05) is 12.9 Å². The molecule has 2 rings (SSSR count). The van der Waals surface area contributed by atoms with Gasteiger partial charge in [-0.05, 0) is 11.4 Å². The van der Waals surface area contributed by atoms with E-state index in [0.717, 1.165) is 4.21 Å². The Labute approximate surface area is 95.0 Å². The monoisotopic (exact) mass is 243 g/mol. The van der Waals surface area contributed by atoms with Gasteiger partial charge in [0.15, 0.2) is 5.78 Å². The minimum Gasteiger partial charge on any atom is -0.453 e. The molecule has 0 bridgehead atoms. The average molecular weight is 243 g/mol. The fourth-order valence-corrected chi connectivity index (χ4v) is 3.46. The van der Waals surface area contributed by atoms with E-state index in [9.17, 15) is 9.59 Å². The Morgan fingerprint density at radius 3 is 3.20 bits per heavy atom. The van der Waals surface area contributed by atoms with E-state index in [-0.39, 0.29) is 5.78 Å². The first-order chi connectivity index (χ1) is 7.22. The van der Waals surface area contributed by atoms with Crippen molar-refractivity contribution >= 4 is 35.0 Å². The Morgan fingerprint density at radius 2 is 2.47 bits per heavy atom. The van der Waals surface area contributed by atoms with Gasteiger partial charge in [-0.2, -0.15) is 0 Å². The topological polar surface area (TPSA) is 55.4 Å². The molecule has 2 heterocycles. The maximum absolute atomic E-state index is 11.9. The fourth-order valence-electron chi connectivity index (χ4n) is 1.32. The van der Waals surface area contributed by atoms with Gasteiger partial charge in [0, 0.05) is 11.3 Å². The second-order valence-electron chi connectivity index (χ2n) is 2.99. The van der Waals surface area contributed by atoms with Crippen LogP contribution in [0.3, 0.4) is 0 Å². The second-order valence-corrected chi connectivity index (χ2v) is 5.19. The number of ether oxygens (including phenoxy) is 1. The number of rotatable bonds is 1. The first-order valence-corrected chi connectivity index (χ1v) is 6.18. The number of alkyl carbamates (subject to hydrolysis) is 1. The molecular formula is C9H9NO3S2. The number of Topliss-reactive ketones (excluding diaryl/α,β-unsaturated/α-hetero) is 1. The standard InChI is InChI=1S/C9H9NO3S2/c1-13-9(12)10-6-4-15-8-5(7(6)11)2-3-14-8/h2-3,6H,4H2,1H3,(H,10,12). The van der Waals surface area contributed by atoms with Crippen LogP contribution in [0.15, 0.2) is 15.7 Å². The Hall–Kier alpha value is -1.01. The molecule has 1 atom stereocenters. The molecule has 0 spiro atoms. The van der Waals surface area contributed by atoms with Gasteiger partial charge in [0.2, 0.25) is 0 Å². The van der Waals surface area contributed by atoms with E-state index in [1.54, 1.807) is 29.2 Å². The third-order valence-corrected chi connectivity index (χ3v) is 4.40. The number of thioether (sulfide) groups is 1. The van der Waals surface area contributed by atoms with Gasteiger partial charge in [-0.1, -0.05) is 0 Å². The van der Waals surface area contributed by atoms with Crippen LogP contribution in [0.4, 0.5) is 4.79 Å². The van der Waals surface area contributed by atoms with E-state index >= 15 is 0 Å². The van der Waals surface area contributed by atoms with E-state index in [0.29, 0.717) is 11.3 Å². The normalized spacial score (nSPS) is 19.5. The zero-order valence-corrected chi connectivity index (χ0v) is 9.61. The van der Waals surface area contributed by atoms with Crippen molar-refractivity contribution in [3.05, 3.63) is 17.0 Å². The van der Waals surface area contributed by atoms with Crippen molar-refractivity contribution in [2.24, 2.45) is 0 Å². The summed E-state index contributed by atoms with van der Waals surface area (Å²) in [6, 6.07) is 1.32. The van der Waals surface area contributed by atoms with Crippen molar-refractivity contribution in [1.82, 2.24) is 5.32 Å². The molecule has 1 aromatic rings. The van der Waals surface area contributed by atoms with Crippen LogP contribution in [0.2, 0.25) is 0 Å². The highest BCUT2D eigenvalue weighted by atomic mass is 32.2. The van der Waals surface area contributed by atoms with E-state index in [4.69, 9.17) is 0 Å². The number of nitrogens with one attached hydrogen (secondary N) is 1. The molecule has 0 aromatic carbocycles. The number of amides is 1. The lowest BCUT2D eigenvalue weighted by Crippen LogP contribution is -2.44. The summed E-state index contributed by atoms with van der Waals surface area (Å²) < 4.78 is 5.49. The Balaban J connectivity index is 2.13. The molecule has 0 saturated carbocycles. The van der Waals surface area contributed by atoms with Crippen LogP contribution in [0, 0.1) is 0 Å². The van der Waals surface area contributed by atoms with Crippen LogP contribution in [0.1, 0.15) is 10.4 Å². The van der Waals surface area contributed by atoms with Gasteiger partial charge >= 0.3 is 6.09 Å². The number of carbonyl (C=O) groups excluding carboxylic acids is 2. The quantitative estimate of drug-likeness (QED) is 0.816. The van der Waals surface area contributed by atoms with Gasteiger partial charge in [-0.3, -0.25) is 4.79 Å². The average Bonchev–Trinajstić information content (AvgIpc) is 2.70. The lowest BCUT2D eigenvalue weighted by molar-refractivity contribution is 0.0938. The predicted octanol–water partition coefficient (Wildman–Crippen LogP) is 1.76. The molecule has 1 unspecified atom stereocenters. The molecule has 4 nitrogen and oxygen atoms in total. The molecule has 1 N–H and O–H groups in total. The van der Waals surface area contributed by atoms with E-state index < -0.39 is 12.1 Å². The number of thiophene rings is 1. The highest BCUT2D eigenvalue weighted by Crippen LogP contribution is 2.34. The van der Waals surface area contributed by atoms with Crippen molar-refractivity contribution in [3.8, 4) is 0 Å². The molecule has 1 aromatic heterocycles. The maximum atomic E-state index is 11.9. The van der Waals surface area contributed by atoms with Crippen LogP contribution in [-0.4, -0.2) is 30.8 Å². The predicted molar refractivity (Wildman–Crippen MR) is 58.7 cm³/mol. The third-order valence-electron chi connectivity index (χ3n) is 2.07. The van der Waals surface area contributed by atoms with E-state index in [1.165, 1.54) is 7.11 Å². The molecular weight excluding hydrogens is 234 g/mol. The molecule has 6 heteroatoms. The molecule has 1 amide bonds. The van der Waals surface area contributed by atoms with Crippen molar-refractivity contribution in [1.29, 1.82) is 0 Å². The zero-order chi connectivity index (χ0) is 10.8.